The van der Waals surface area contributed by atoms with Crippen LogP contribution < -0.4 is 5.32 Å². The van der Waals surface area contributed by atoms with Gasteiger partial charge in [0.1, 0.15) is 12.4 Å². The van der Waals surface area contributed by atoms with Crippen molar-refractivity contribution < 1.29 is 18.7 Å². The zero-order valence-electron chi connectivity index (χ0n) is 14.3. The van der Waals surface area contributed by atoms with E-state index in [-0.39, 0.29) is 11.8 Å². The van der Waals surface area contributed by atoms with Gasteiger partial charge in [-0.25, -0.2) is 5.01 Å². The predicted molar refractivity (Wildman–Crippen MR) is 89.2 cm³/mol. The summed E-state index contributed by atoms with van der Waals surface area (Å²) in [6.07, 6.45) is 4.13. The summed E-state index contributed by atoms with van der Waals surface area (Å²) in [6, 6.07) is 3.66. The second-order valence-electron chi connectivity index (χ2n) is 5.77. The Hall–Kier alpha value is -2.15. The molecule has 7 heteroatoms. The molecule has 0 saturated heterocycles. The molecule has 2 rings (SSSR count). The number of furan rings is 1. The van der Waals surface area contributed by atoms with Gasteiger partial charge in [0.05, 0.1) is 12.0 Å². The number of hydrazone groups is 1. The van der Waals surface area contributed by atoms with E-state index in [9.17, 15) is 9.59 Å². The van der Waals surface area contributed by atoms with Crippen LogP contribution in [-0.4, -0.2) is 42.2 Å². The molecule has 1 aliphatic heterocycles. The molecule has 0 aromatic carbocycles. The standard InChI is InChI=1S/C17H25N3O4/c1-3-4-9-20-17(22)15(13(2)19-20)16(21)18-8-6-10-23-12-14-7-5-11-24-14/h5,7,11,15H,3-4,6,8-10,12H2,1-2H3,(H,18,21)/t15-/m1/s1. The average molecular weight is 335 g/mol. The van der Waals surface area contributed by atoms with Crippen LogP contribution in [0.1, 0.15) is 38.9 Å². The molecule has 1 atom stereocenters. The van der Waals surface area contributed by atoms with Gasteiger partial charge in [-0.2, -0.15) is 5.10 Å². The van der Waals surface area contributed by atoms with Crippen LogP contribution >= 0.6 is 0 Å². The minimum atomic E-state index is -0.786. The fourth-order valence-corrected chi connectivity index (χ4v) is 2.45. The van der Waals surface area contributed by atoms with E-state index in [4.69, 9.17) is 9.15 Å². The maximum Gasteiger partial charge on any atom is 0.261 e. The van der Waals surface area contributed by atoms with E-state index in [1.165, 1.54) is 5.01 Å². The summed E-state index contributed by atoms with van der Waals surface area (Å²) < 4.78 is 10.6. The fraction of sp³-hybridized carbons (Fsp3) is 0.588. The quantitative estimate of drug-likeness (QED) is 0.523. The second kappa shape index (κ2) is 9.22. The van der Waals surface area contributed by atoms with Gasteiger partial charge in [-0.1, -0.05) is 13.3 Å². The lowest BCUT2D eigenvalue weighted by molar-refractivity contribution is -0.137. The van der Waals surface area contributed by atoms with Crippen molar-refractivity contribution in [1.29, 1.82) is 0 Å². The Morgan fingerprint density at radius 1 is 1.46 bits per heavy atom. The molecule has 1 aliphatic rings. The third kappa shape index (κ3) is 4.92. The number of unbranched alkanes of at least 4 members (excludes halogenated alkanes) is 1. The molecule has 0 fully saturated rings. The van der Waals surface area contributed by atoms with Crippen molar-refractivity contribution >= 4 is 17.5 Å². The van der Waals surface area contributed by atoms with Crippen molar-refractivity contribution in [2.45, 2.75) is 39.7 Å². The number of amides is 2. The van der Waals surface area contributed by atoms with Crippen LogP contribution in [0.15, 0.2) is 27.9 Å². The van der Waals surface area contributed by atoms with Crippen molar-refractivity contribution in [3.63, 3.8) is 0 Å². The highest BCUT2D eigenvalue weighted by molar-refractivity contribution is 6.21. The van der Waals surface area contributed by atoms with Crippen LogP contribution in [0.5, 0.6) is 0 Å². The molecule has 24 heavy (non-hydrogen) atoms. The van der Waals surface area contributed by atoms with Crippen LogP contribution in [0, 0.1) is 5.92 Å². The number of nitrogens with zero attached hydrogens (tertiary/aromatic N) is 2. The highest BCUT2D eigenvalue weighted by atomic mass is 16.5. The maximum atomic E-state index is 12.2. The van der Waals surface area contributed by atoms with E-state index in [1.54, 1.807) is 13.2 Å². The van der Waals surface area contributed by atoms with Gasteiger partial charge in [-0.05, 0) is 31.9 Å². The van der Waals surface area contributed by atoms with Crippen molar-refractivity contribution in [2.24, 2.45) is 11.0 Å². The number of nitrogens with one attached hydrogen (secondary N) is 1. The molecule has 2 heterocycles. The van der Waals surface area contributed by atoms with Crippen molar-refractivity contribution in [3.05, 3.63) is 24.2 Å². The fourth-order valence-electron chi connectivity index (χ4n) is 2.45. The van der Waals surface area contributed by atoms with E-state index >= 15 is 0 Å². The molecule has 0 radical (unpaired) electrons. The predicted octanol–water partition coefficient (Wildman–Crippen LogP) is 1.94. The summed E-state index contributed by atoms with van der Waals surface area (Å²) >= 11 is 0. The Morgan fingerprint density at radius 3 is 3.00 bits per heavy atom. The van der Waals surface area contributed by atoms with Gasteiger partial charge in [-0.15, -0.1) is 0 Å². The first kappa shape index (κ1) is 18.2. The minimum Gasteiger partial charge on any atom is -0.467 e. The molecule has 0 unspecified atom stereocenters. The maximum absolute atomic E-state index is 12.2. The third-order valence-electron chi connectivity index (χ3n) is 3.77. The van der Waals surface area contributed by atoms with Crippen LogP contribution in [-0.2, 0) is 20.9 Å². The Labute approximate surface area is 142 Å². The van der Waals surface area contributed by atoms with E-state index in [2.05, 4.69) is 17.3 Å². The average Bonchev–Trinajstić information content (AvgIpc) is 3.16. The molecule has 0 bridgehead atoms. The smallest absolute Gasteiger partial charge is 0.261 e. The van der Waals surface area contributed by atoms with E-state index in [0.29, 0.717) is 38.4 Å². The summed E-state index contributed by atoms with van der Waals surface area (Å²) in [5.74, 6) is -0.528. The molecule has 0 aliphatic carbocycles. The molecule has 1 N–H and O–H groups in total. The van der Waals surface area contributed by atoms with Crippen LogP contribution in [0.4, 0.5) is 0 Å². The number of rotatable bonds is 10. The highest BCUT2D eigenvalue weighted by Gasteiger charge is 2.38. The van der Waals surface area contributed by atoms with Gasteiger partial charge in [0.15, 0.2) is 5.92 Å². The molecular weight excluding hydrogens is 310 g/mol. The molecular formula is C17H25N3O4. The van der Waals surface area contributed by atoms with Gasteiger partial charge < -0.3 is 14.5 Å². The van der Waals surface area contributed by atoms with Gasteiger partial charge in [-0.3, -0.25) is 9.59 Å². The van der Waals surface area contributed by atoms with Crippen molar-refractivity contribution in [1.82, 2.24) is 10.3 Å². The van der Waals surface area contributed by atoms with Gasteiger partial charge in [0, 0.05) is 19.7 Å². The van der Waals surface area contributed by atoms with Crippen LogP contribution in [0.2, 0.25) is 0 Å². The van der Waals surface area contributed by atoms with Crippen LogP contribution in [0.25, 0.3) is 0 Å². The third-order valence-corrected chi connectivity index (χ3v) is 3.77. The SMILES string of the molecule is CCCCN1N=C(C)[C@H](C(=O)NCCCOCc2ccco2)C1=O. The van der Waals surface area contributed by atoms with Crippen molar-refractivity contribution in [3.8, 4) is 0 Å². The largest absolute Gasteiger partial charge is 0.467 e. The first-order valence-electron chi connectivity index (χ1n) is 8.37. The molecule has 1 aromatic rings. The molecule has 2 amide bonds. The normalized spacial score (nSPS) is 17.2. The number of carbonyl (C=O) groups is 2. The Balaban J connectivity index is 1.65. The summed E-state index contributed by atoms with van der Waals surface area (Å²) in [4.78, 5) is 24.5. The van der Waals surface area contributed by atoms with Gasteiger partial charge in [0.25, 0.3) is 5.91 Å². The molecule has 1 aromatic heterocycles. The topological polar surface area (TPSA) is 84.1 Å². The van der Waals surface area contributed by atoms with Gasteiger partial charge >= 0.3 is 0 Å². The van der Waals surface area contributed by atoms with E-state index in [0.717, 1.165) is 18.6 Å². The Bertz CT molecular complexity index is 568. The lowest BCUT2D eigenvalue weighted by Gasteiger charge is -2.14. The summed E-state index contributed by atoms with van der Waals surface area (Å²) in [7, 11) is 0. The summed E-state index contributed by atoms with van der Waals surface area (Å²) in [5, 5.41) is 8.40. The number of hydrogen-bond donors (Lipinski definition) is 1. The lowest BCUT2D eigenvalue weighted by Crippen LogP contribution is -2.40. The zero-order valence-corrected chi connectivity index (χ0v) is 14.3. The van der Waals surface area contributed by atoms with E-state index in [1.807, 2.05) is 12.1 Å². The highest BCUT2D eigenvalue weighted by Crippen LogP contribution is 2.16. The monoisotopic (exact) mass is 335 g/mol. The van der Waals surface area contributed by atoms with Crippen LogP contribution in [0.3, 0.4) is 0 Å². The zero-order chi connectivity index (χ0) is 17.4. The van der Waals surface area contributed by atoms with Crippen molar-refractivity contribution in [2.75, 3.05) is 19.7 Å². The number of hydrogen-bond acceptors (Lipinski definition) is 5. The Morgan fingerprint density at radius 2 is 2.29 bits per heavy atom. The molecule has 0 spiro atoms. The summed E-state index contributed by atoms with van der Waals surface area (Å²) in [5.41, 5.74) is 0.558. The van der Waals surface area contributed by atoms with E-state index < -0.39 is 5.92 Å². The lowest BCUT2D eigenvalue weighted by atomic mass is 10.0. The first-order chi connectivity index (χ1) is 11.6. The minimum absolute atomic E-state index is 0.229. The van der Waals surface area contributed by atoms with Gasteiger partial charge in [0.2, 0.25) is 5.91 Å². The number of carbonyl (C=O) groups excluding carboxylic acids is 2. The molecule has 132 valence electrons. The number of ether oxygens (including phenoxy) is 1. The summed E-state index contributed by atoms with van der Waals surface area (Å²) in [6.45, 7) is 5.73. The molecule has 7 nitrogen and oxygen atoms in total. The Kier molecular flexibility index (Phi) is 6.99. The second-order valence-corrected chi connectivity index (χ2v) is 5.77. The first-order valence-corrected chi connectivity index (χ1v) is 8.37. The molecule has 0 saturated carbocycles.